The molecular formula is C16H21N5O. The van der Waals surface area contributed by atoms with Crippen LogP contribution in [0.2, 0.25) is 0 Å². The van der Waals surface area contributed by atoms with Crippen molar-refractivity contribution < 1.29 is 4.79 Å². The molecule has 2 aliphatic heterocycles. The lowest BCUT2D eigenvalue weighted by atomic mass is 9.99. The summed E-state index contributed by atoms with van der Waals surface area (Å²) in [6.07, 6.45) is 4.84. The smallest absolute Gasteiger partial charge is 0.242 e. The van der Waals surface area contributed by atoms with Crippen LogP contribution in [0.5, 0.6) is 0 Å². The monoisotopic (exact) mass is 299 g/mol. The van der Waals surface area contributed by atoms with Gasteiger partial charge in [-0.25, -0.2) is 4.68 Å². The summed E-state index contributed by atoms with van der Waals surface area (Å²) in [6.45, 7) is 2.54. The van der Waals surface area contributed by atoms with Crippen molar-refractivity contribution in [3.05, 3.63) is 24.3 Å². The molecule has 1 aromatic heterocycles. The van der Waals surface area contributed by atoms with Gasteiger partial charge >= 0.3 is 0 Å². The zero-order valence-electron chi connectivity index (χ0n) is 12.6. The van der Waals surface area contributed by atoms with Gasteiger partial charge in [0.05, 0.1) is 5.52 Å². The second-order valence-electron chi connectivity index (χ2n) is 6.30. The predicted octanol–water partition coefficient (Wildman–Crippen LogP) is 1.17. The Bertz CT molecular complexity index is 682. The fourth-order valence-corrected chi connectivity index (χ4v) is 3.84. The molecule has 4 rings (SSSR count). The van der Waals surface area contributed by atoms with Crippen LogP contribution in [0, 0.1) is 0 Å². The molecule has 0 radical (unpaired) electrons. The Hall–Kier alpha value is -1.95. The van der Waals surface area contributed by atoms with Crippen molar-refractivity contribution in [1.29, 1.82) is 0 Å². The number of carbonyl (C=O) groups excluding carboxylic acids is 1. The number of carbonyl (C=O) groups is 1. The topological polar surface area (TPSA) is 63.1 Å². The molecule has 2 atom stereocenters. The van der Waals surface area contributed by atoms with Gasteiger partial charge in [-0.15, -0.1) is 5.10 Å². The van der Waals surface area contributed by atoms with Crippen LogP contribution in [0.15, 0.2) is 24.3 Å². The van der Waals surface area contributed by atoms with E-state index in [1.165, 1.54) is 25.8 Å². The van der Waals surface area contributed by atoms with Gasteiger partial charge in [-0.3, -0.25) is 9.69 Å². The summed E-state index contributed by atoms with van der Waals surface area (Å²) in [5.41, 5.74) is 1.73. The van der Waals surface area contributed by atoms with Crippen LogP contribution in [0.4, 0.5) is 0 Å². The van der Waals surface area contributed by atoms with Crippen molar-refractivity contribution in [1.82, 2.24) is 25.2 Å². The summed E-state index contributed by atoms with van der Waals surface area (Å²) >= 11 is 0. The Balaban J connectivity index is 1.42. The SMILES string of the molecule is O=C(Cn1nnc2ccccc21)N[C@H]1CCN2CCCC[C@H]12. The zero-order valence-corrected chi connectivity index (χ0v) is 12.6. The van der Waals surface area contributed by atoms with E-state index in [2.05, 4.69) is 20.5 Å². The Kier molecular flexibility index (Phi) is 3.54. The van der Waals surface area contributed by atoms with E-state index in [0.717, 1.165) is 24.0 Å². The second-order valence-corrected chi connectivity index (χ2v) is 6.30. The van der Waals surface area contributed by atoms with Crippen molar-refractivity contribution in [2.45, 2.75) is 44.3 Å². The number of benzene rings is 1. The van der Waals surface area contributed by atoms with E-state index in [1.54, 1.807) is 4.68 Å². The molecule has 116 valence electrons. The number of fused-ring (bicyclic) bond motifs is 2. The summed E-state index contributed by atoms with van der Waals surface area (Å²) in [5.74, 6) is 0.0353. The highest BCUT2D eigenvalue weighted by molar-refractivity contribution is 5.79. The van der Waals surface area contributed by atoms with Crippen molar-refractivity contribution in [3.63, 3.8) is 0 Å². The highest BCUT2D eigenvalue weighted by Gasteiger charge is 2.36. The first-order valence-electron chi connectivity index (χ1n) is 8.13. The molecule has 0 aliphatic carbocycles. The van der Waals surface area contributed by atoms with Crippen molar-refractivity contribution in [3.8, 4) is 0 Å². The van der Waals surface area contributed by atoms with Crippen LogP contribution in [0.3, 0.4) is 0 Å². The van der Waals surface area contributed by atoms with Gasteiger partial charge in [-0.05, 0) is 37.9 Å². The fourth-order valence-electron chi connectivity index (χ4n) is 3.84. The minimum absolute atomic E-state index is 0.0353. The normalized spacial score (nSPS) is 25.3. The molecule has 0 spiro atoms. The van der Waals surface area contributed by atoms with Gasteiger partial charge in [-0.2, -0.15) is 0 Å². The summed E-state index contributed by atoms with van der Waals surface area (Å²) in [6, 6.07) is 8.55. The van der Waals surface area contributed by atoms with Gasteiger partial charge in [-0.1, -0.05) is 23.8 Å². The Morgan fingerprint density at radius 2 is 2.14 bits per heavy atom. The van der Waals surface area contributed by atoms with Crippen LogP contribution >= 0.6 is 0 Å². The maximum Gasteiger partial charge on any atom is 0.242 e. The lowest BCUT2D eigenvalue weighted by Gasteiger charge is -2.32. The van der Waals surface area contributed by atoms with E-state index in [4.69, 9.17) is 0 Å². The number of amides is 1. The number of hydrogen-bond donors (Lipinski definition) is 1. The van der Waals surface area contributed by atoms with Gasteiger partial charge in [0.15, 0.2) is 0 Å². The van der Waals surface area contributed by atoms with Gasteiger partial charge in [0.2, 0.25) is 5.91 Å². The van der Waals surface area contributed by atoms with Crippen molar-refractivity contribution >= 4 is 16.9 Å². The third-order valence-electron chi connectivity index (χ3n) is 4.92. The van der Waals surface area contributed by atoms with Gasteiger partial charge in [0, 0.05) is 18.6 Å². The van der Waals surface area contributed by atoms with Crippen LogP contribution in [0.1, 0.15) is 25.7 Å². The maximum atomic E-state index is 12.4. The summed E-state index contributed by atoms with van der Waals surface area (Å²) < 4.78 is 1.68. The highest BCUT2D eigenvalue weighted by atomic mass is 16.2. The minimum atomic E-state index is 0.0353. The molecule has 0 saturated carbocycles. The van der Waals surface area contributed by atoms with Gasteiger partial charge in [0.1, 0.15) is 12.1 Å². The molecule has 0 bridgehead atoms. The van der Waals surface area contributed by atoms with E-state index in [1.807, 2.05) is 24.3 Å². The lowest BCUT2D eigenvalue weighted by Crippen LogP contribution is -2.47. The largest absolute Gasteiger partial charge is 0.350 e. The third-order valence-corrected chi connectivity index (χ3v) is 4.92. The molecule has 22 heavy (non-hydrogen) atoms. The second kappa shape index (κ2) is 5.68. The van der Waals surface area contributed by atoms with E-state index in [-0.39, 0.29) is 12.5 Å². The first kappa shape index (κ1) is 13.7. The maximum absolute atomic E-state index is 12.4. The molecule has 2 fully saturated rings. The first-order valence-corrected chi connectivity index (χ1v) is 8.13. The van der Waals surface area contributed by atoms with Crippen LogP contribution in [0.25, 0.3) is 11.0 Å². The molecule has 3 heterocycles. The molecule has 0 unspecified atom stereocenters. The standard InChI is InChI=1S/C16H21N5O/c22-16(11-21-15-7-2-1-5-13(15)18-19-21)17-12-8-10-20-9-4-3-6-14(12)20/h1-2,5,7,12,14H,3-4,6,8-11H2,(H,17,22)/t12-,14+/m0/s1. The average Bonchev–Trinajstić information content (AvgIpc) is 3.13. The molecule has 6 nitrogen and oxygen atoms in total. The fraction of sp³-hybridized carbons (Fsp3) is 0.562. The van der Waals surface area contributed by atoms with Crippen LogP contribution < -0.4 is 5.32 Å². The number of nitrogens with zero attached hydrogens (tertiary/aromatic N) is 4. The average molecular weight is 299 g/mol. The number of rotatable bonds is 3. The number of nitrogens with one attached hydrogen (secondary N) is 1. The van der Waals surface area contributed by atoms with Crippen LogP contribution in [-0.4, -0.2) is 51.0 Å². The van der Waals surface area contributed by atoms with E-state index in [9.17, 15) is 4.79 Å². The molecule has 1 aromatic carbocycles. The van der Waals surface area contributed by atoms with Crippen LogP contribution in [-0.2, 0) is 11.3 Å². The molecular weight excluding hydrogens is 278 g/mol. The van der Waals surface area contributed by atoms with E-state index < -0.39 is 0 Å². The summed E-state index contributed by atoms with van der Waals surface area (Å²) in [5, 5.41) is 11.4. The predicted molar refractivity (Wildman–Crippen MR) is 83.3 cm³/mol. The van der Waals surface area contributed by atoms with Gasteiger partial charge in [0.25, 0.3) is 0 Å². The number of piperidine rings is 1. The molecule has 2 saturated heterocycles. The van der Waals surface area contributed by atoms with E-state index >= 15 is 0 Å². The molecule has 1 amide bonds. The third kappa shape index (κ3) is 2.47. The minimum Gasteiger partial charge on any atom is -0.350 e. The molecule has 2 aliphatic rings. The van der Waals surface area contributed by atoms with Gasteiger partial charge < -0.3 is 5.32 Å². The van der Waals surface area contributed by atoms with Crippen molar-refractivity contribution in [2.75, 3.05) is 13.1 Å². The molecule has 6 heteroatoms. The highest BCUT2D eigenvalue weighted by Crippen LogP contribution is 2.27. The quantitative estimate of drug-likeness (QED) is 0.924. The molecule has 2 aromatic rings. The summed E-state index contributed by atoms with van der Waals surface area (Å²) in [7, 11) is 0. The number of hydrogen-bond acceptors (Lipinski definition) is 4. The lowest BCUT2D eigenvalue weighted by molar-refractivity contribution is -0.122. The van der Waals surface area contributed by atoms with Crippen molar-refractivity contribution in [2.24, 2.45) is 0 Å². The molecule has 1 N–H and O–H groups in total. The van der Waals surface area contributed by atoms with E-state index in [0.29, 0.717) is 12.1 Å². The first-order chi connectivity index (χ1) is 10.8. The number of aromatic nitrogens is 3. The Morgan fingerprint density at radius 3 is 3.09 bits per heavy atom. The zero-order chi connectivity index (χ0) is 14.9. The number of para-hydroxylation sites is 1. The Labute approximate surface area is 129 Å². The summed E-state index contributed by atoms with van der Waals surface area (Å²) in [4.78, 5) is 14.9. The Morgan fingerprint density at radius 1 is 1.23 bits per heavy atom.